The summed E-state index contributed by atoms with van der Waals surface area (Å²) in [6.07, 6.45) is 1.68. The van der Waals surface area contributed by atoms with Crippen molar-refractivity contribution in [3.63, 3.8) is 0 Å². The zero-order chi connectivity index (χ0) is 11.4. The minimum absolute atomic E-state index is 0.152. The fourth-order valence-electron chi connectivity index (χ4n) is 1.66. The Bertz CT molecular complexity index is 427. The Hall–Kier alpha value is -1.11. The van der Waals surface area contributed by atoms with E-state index in [9.17, 15) is 8.42 Å². The lowest BCUT2D eigenvalue weighted by molar-refractivity contribution is 0.534. The Morgan fingerprint density at radius 2 is 2.00 bits per heavy atom. The number of hydrogen-bond donors (Lipinski definition) is 3. The number of nitrogens with one attached hydrogen (secondary N) is 3. The molecule has 0 aromatic heterocycles. The summed E-state index contributed by atoms with van der Waals surface area (Å²) >= 11 is 0. The Kier molecular flexibility index (Phi) is 3.42. The molecule has 0 bridgehead atoms. The van der Waals surface area contributed by atoms with Gasteiger partial charge in [0.2, 0.25) is 0 Å². The zero-order valence-corrected chi connectivity index (χ0v) is 9.63. The molecule has 1 atom stereocenters. The van der Waals surface area contributed by atoms with Gasteiger partial charge in [0.1, 0.15) is 0 Å². The molecule has 2 rings (SSSR count). The lowest BCUT2D eigenvalue weighted by Crippen LogP contribution is -2.43. The van der Waals surface area contributed by atoms with Crippen LogP contribution in [0.2, 0.25) is 0 Å². The summed E-state index contributed by atoms with van der Waals surface area (Å²) in [6.45, 7) is 0.860. The van der Waals surface area contributed by atoms with Gasteiger partial charge in [-0.25, -0.2) is 0 Å². The second kappa shape index (κ2) is 4.82. The highest BCUT2D eigenvalue weighted by atomic mass is 32.2. The van der Waals surface area contributed by atoms with Crippen molar-refractivity contribution in [2.75, 3.05) is 11.3 Å². The van der Waals surface area contributed by atoms with E-state index in [0.29, 0.717) is 5.69 Å². The summed E-state index contributed by atoms with van der Waals surface area (Å²) in [7, 11) is -3.48. The van der Waals surface area contributed by atoms with Crippen molar-refractivity contribution in [3.05, 3.63) is 30.3 Å². The molecule has 1 aromatic carbocycles. The van der Waals surface area contributed by atoms with E-state index in [1.54, 1.807) is 24.3 Å². The Morgan fingerprint density at radius 3 is 2.62 bits per heavy atom. The first-order valence-electron chi connectivity index (χ1n) is 5.24. The first-order valence-corrected chi connectivity index (χ1v) is 6.72. The van der Waals surface area contributed by atoms with Crippen molar-refractivity contribution in [2.45, 2.75) is 19.0 Å². The summed E-state index contributed by atoms with van der Waals surface area (Å²) in [6, 6.07) is 8.82. The normalized spacial score (nSPS) is 20.9. The number of rotatable bonds is 4. The largest absolute Gasteiger partial charge is 0.301 e. The molecule has 16 heavy (non-hydrogen) atoms. The van der Waals surface area contributed by atoms with Crippen molar-refractivity contribution in [3.8, 4) is 0 Å². The average Bonchev–Trinajstić information content (AvgIpc) is 2.70. The molecule has 1 aliphatic rings. The van der Waals surface area contributed by atoms with Crippen LogP contribution in [0.5, 0.6) is 0 Å². The van der Waals surface area contributed by atoms with Crippen LogP contribution in [0.25, 0.3) is 0 Å². The number of hydrogen-bond acceptors (Lipinski definition) is 3. The molecule has 5 nitrogen and oxygen atoms in total. The molecule has 1 heterocycles. The molecule has 0 amide bonds. The van der Waals surface area contributed by atoms with Crippen LogP contribution in [0.15, 0.2) is 30.3 Å². The van der Waals surface area contributed by atoms with E-state index >= 15 is 0 Å². The maximum atomic E-state index is 11.7. The fourth-order valence-corrected chi connectivity index (χ4v) is 2.74. The Labute approximate surface area is 95.4 Å². The standard InChI is InChI=1S/C10H15N3O2S/c14-16(15,13-10-7-4-8-11-10)12-9-5-2-1-3-6-9/h1-3,5-6,10-13H,4,7-8H2. The number of anilines is 1. The van der Waals surface area contributed by atoms with Crippen LogP contribution in [0, 0.1) is 0 Å². The van der Waals surface area contributed by atoms with Gasteiger partial charge in [-0.2, -0.15) is 13.1 Å². The van der Waals surface area contributed by atoms with E-state index in [1.165, 1.54) is 0 Å². The van der Waals surface area contributed by atoms with Gasteiger partial charge in [0.25, 0.3) is 10.2 Å². The van der Waals surface area contributed by atoms with Gasteiger partial charge in [0, 0.05) is 5.69 Å². The first-order chi connectivity index (χ1) is 7.66. The van der Waals surface area contributed by atoms with E-state index in [2.05, 4.69) is 14.8 Å². The monoisotopic (exact) mass is 241 g/mol. The molecule has 1 aliphatic heterocycles. The molecule has 0 aliphatic carbocycles. The molecule has 1 unspecified atom stereocenters. The molecule has 6 heteroatoms. The van der Waals surface area contributed by atoms with Crippen molar-refractivity contribution in [2.24, 2.45) is 0 Å². The van der Waals surface area contributed by atoms with Crippen LogP contribution in [0.3, 0.4) is 0 Å². The fraction of sp³-hybridized carbons (Fsp3) is 0.400. The Balaban J connectivity index is 1.97. The number of para-hydroxylation sites is 1. The summed E-state index contributed by atoms with van der Waals surface area (Å²) in [5.74, 6) is 0. The minimum Gasteiger partial charge on any atom is -0.301 e. The smallest absolute Gasteiger partial charge is 0.300 e. The predicted octanol–water partition coefficient (Wildman–Crippen LogP) is 0.642. The van der Waals surface area contributed by atoms with Gasteiger partial charge in [-0.05, 0) is 31.5 Å². The molecular weight excluding hydrogens is 226 g/mol. The molecule has 3 N–H and O–H groups in total. The average molecular weight is 241 g/mol. The van der Waals surface area contributed by atoms with Crippen LogP contribution < -0.4 is 14.8 Å². The highest BCUT2D eigenvalue weighted by molar-refractivity contribution is 7.90. The van der Waals surface area contributed by atoms with Crippen molar-refractivity contribution >= 4 is 15.9 Å². The van der Waals surface area contributed by atoms with E-state index < -0.39 is 10.2 Å². The SMILES string of the molecule is O=S(=O)(Nc1ccccc1)NC1CCCN1. The van der Waals surface area contributed by atoms with E-state index in [0.717, 1.165) is 19.4 Å². The molecular formula is C10H15N3O2S. The highest BCUT2D eigenvalue weighted by Gasteiger charge is 2.20. The maximum Gasteiger partial charge on any atom is 0.300 e. The summed E-state index contributed by atoms with van der Waals surface area (Å²) < 4.78 is 28.4. The topological polar surface area (TPSA) is 70.2 Å². The minimum atomic E-state index is -3.48. The second-order valence-corrected chi connectivity index (χ2v) is 5.19. The van der Waals surface area contributed by atoms with E-state index in [-0.39, 0.29) is 6.17 Å². The van der Waals surface area contributed by atoms with Gasteiger partial charge in [0.05, 0.1) is 6.17 Å². The summed E-state index contributed by atoms with van der Waals surface area (Å²) in [5.41, 5.74) is 0.563. The van der Waals surface area contributed by atoms with Crippen molar-refractivity contribution < 1.29 is 8.42 Å². The molecule has 1 aromatic rings. The molecule has 1 saturated heterocycles. The van der Waals surface area contributed by atoms with Crippen molar-refractivity contribution in [1.29, 1.82) is 0 Å². The zero-order valence-electron chi connectivity index (χ0n) is 8.81. The molecule has 0 radical (unpaired) electrons. The van der Waals surface area contributed by atoms with Gasteiger partial charge in [-0.3, -0.25) is 4.72 Å². The second-order valence-electron chi connectivity index (χ2n) is 3.74. The van der Waals surface area contributed by atoms with Gasteiger partial charge >= 0.3 is 0 Å². The van der Waals surface area contributed by atoms with E-state index in [4.69, 9.17) is 0 Å². The van der Waals surface area contributed by atoms with Gasteiger partial charge in [-0.15, -0.1) is 0 Å². The third-order valence-electron chi connectivity index (χ3n) is 2.38. The molecule has 88 valence electrons. The van der Waals surface area contributed by atoms with Crippen LogP contribution in [0.4, 0.5) is 5.69 Å². The third kappa shape index (κ3) is 3.19. The number of benzene rings is 1. The first kappa shape index (κ1) is 11.4. The van der Waals surface area contributed by atoms with E-state index in [1.807, 2.05) is 6.07 Å². The van der Waals surface area contributed by atoms with Crippen LogP contribution in [-0.2, 0) is 10.2 Å². The predicted molar refractivity (Wildman–Crippen MR) is 63.1 cm³/mol. The lowest BCUT2D eigenvalue weighted by atomic mass is 10.3. The quantitative estimate of drug-likeness (QED) is 0.724. The highest BCUT2D eigenvalue weighted by Crippen LogP contribution is 2.08. The Morgan fingerprint density at radius 1 is 1.25 bits per heavy atom. The van der Waals surface area contributed by atoms with Crippen molar-refractivity contribution in [1.82, 2.24) is 10.0 Å². The van der Waals surface area contributed by atoms with Gasteiger partial charge in [0.15, 0.2) is 0 Å². The summed E-state index contributed by atoms with van der Waals surface area (Å²) in [5, 5.41) is 3.07. The van der Waals surface area contributed by atoms with Gasteiger partial charge < -0.3 is 5.32 Å². The van der Waals surface area contributed by atoms with Crippen LogP contribution >= 0.6 is 0 Å². The van der Waals surface area contributed by atoms with Crippen LogP contribution in [-0.4, -0.2) is 21.1 Å². The van der Waals surface area contributed by atoms with Gasteiger partial charge in [-0.1, -0.05) is 18.2 Å². The molecule has 0 saturated carbocycles. The lowest BCUT2D eigenvalue weighted by Gasteiger charge is -2.14. The third-order valence-corrected chi connectivity index (χ3v) is 3.48. The maximum absolute atomic E-state index is 11.7. The molecule has 0 spiro atoms. The van der Waals surface area contributed by atoms with Crippen LogP contribution in [0.1, 0.15) is 12.8 Å². The summed E-state index contributed by atoms with van der Waals surface area (Å²) in [4.78, 5) is 0. The molecule has 1 fully saturated rings.